The van der Waals surface area contributed by atoms with Gasteiger partial charge in [0.25, 0.3) is 5.91 Å². The maximum absolute atomic E-state index is 14.3. The van der Waals surface area contributed by atoms with Crippen molar-refractivity contribution in [2.24, 2.45) is 7.05 Å². The quantitative estimate of drug-likeness (QED) is 0.660. The predicted octanol–water partition coefficient (Wildman–Crippen LogP) is 1.62. The average molecular weight is 426 g/mol. The third kappa shape index (κ3) is 5.20. The largest absolute Gasteiger partial charge is 0.350 e. The third-order valence-corrected chi connectivity index (χ3v) is 6.76. The van der Waals surface area contributed by atoms with Crippen LogP contribution in [0.3, 0.4) is 0 Å². The Morgan fingerprint density at radius 1 is 1.28 bits per heavy atom. The monoisotopic (exact) mass is 425 g/mol. The molecule has 0 radical (unpaired) electrons. The Hall–Kier alpha value is -2.30. The first kappa shape index (κ1) is 23.0. The van der Waals surface area contributed by atoms with Crippen LogP contribution in [0.4, 0.5) is 4.39 Å². The van der Waals surface area contributed by atoms with Crippen molar-refractivity contribution in [3.8, 4) is 0 Å². The number of sulfonamides is 1. The third-order valence-electron chi connectivity index (χ3n) is 4.71. The molecule has 160 valence electrons. The van der Waals surface area contributed by atoms with E-state index in [0.717, 1.165) is 17.7 Å². The molecule has 0 aliphatic rings. The van der Waals surface area contributed by atoms with E-state index in [1.165, 1.54) is 10.4 Å². The van der Waals surface area contributed by atoms with Crippen LogP contribution in [0.25, 0.3) is 0 Å². The summed E-state index contributed by atoms with van der Waals surface area (Å²) in [6, 6.07) is 3.11. The number of hydrogen-bond donors (Lipinski definition) is 1. The summed E-state index contributed by atoms with van der Waals surface area (Å²) in [7, 11) is 1.73. The summed E-state index contributed by atoms with van der Waals surface area (Å²) in [5.41, 5.74) is 0.595. The summed E-state index contributed by atoms with van der Waals surface area (Å²) in [6.07, 6.45) is 3.55. The number of benzene rings is 1. The molecule has 1 atom stereocenters. The predicted molar refractivity (Wildman–Crippen MR) is 108 cm³/mol. The van der Waals surface area contributed by atoms with Crippen molar-refractivity contribution in [3.05, 3.63) is 47.5 Å². The number of amides is 1. The van der Waals surface area contributed by atoms with Gasteiger partial charge in [0, 0.05) is 38.4 Å². The molecule has 2 aromatic rings. The maximum atomic E-state index is 14.3. The molecule has 0 fully saturated rings. The molecular formula is C19H28FN5O3S. The molecule has 0 saturated carbocycles. The molecule has 2 rings (SSSR count). The zero-order valence-electron chi connectivity index (χ0n) is 17.4. The van der Waals surface area contributed by atoms with E-state index in [2.05, 4.69) is 10.4 Å². The lowest BCUT2D eigenvalue weighted by molar-refractivity contribution is 0.0937. The molecule has 0 saturated heterocycles. The highest BCUT2D eigenvalue weighted by Gasteiger charge is 2.25. The lowest BCUT2D eigenvalue weighted by Gasteiger charge is -2.23. The van der Waals surface area contributed by atoms with Gasteiger partial charge in [0.2, 0.25) is 10.0 Å². The van der Waals surface area contributed by atoms with Gasteiger partial charge in [-0.15, -0.1) is 0 Å². The van der Waals surface area contributed by atoms with Gasteiger partial charge in [0.1, 0.15) is 5.82 Å². The highest BCUT2D eigenvalue weighted by Crippen LogP contribution is 2.20. The first-order chi connectivity index (χ1) is 13.6. The van der Waals surface area contributed by atoms with Gasteiger partial charge in [-0.3, -0.25) is 9.48 Å². The molecule has 0 aliphatic heterocycles. The van der Waals surface area contributed by atoms with E-state index in [4.69, 9.17) is 0 Å². The van der Waals surface area contributed by atoms with Gasteiger partial charge in [0.15, 0.2) is 0 Å². The van der Waals surface area contributed by atoms with Crippen molar-refractivity contribution in [2.75, 3.05) is 33.7 Å². The number of aromatic nitrogens is 2. The van der Waals surface area contributed by atoms with E-state index in [9.17, 15) is 17.6 Å². The lowest BCUT2D eigenvalue weighted by atomic mass is 10.1. The van der Waals surface area contributed by atoms with Crippen molar-refractivity contribution >= 4 is 15.9 Å². The Bertz CT molecular complexity index is 955. The van der Waals surface area contributed by atoms with Gasteiger partial charge >= 0.3 is 0 Å². The Morgan fingerprint density at radius 3 is 2.45 bits per heavy atom. The van der Waals surface area contributed by atoms with Gasteiger partial charge in [-0.05, 0) is 32.3 Å². The average Bonchev–Trinajstić information content (AvgIpc) is 3.08. The Labute approximate surface area is 171 Å². The van der Waals surface area contributed by atoms with Crippen LogP contribution in [-0.4, -0.2) is 67.0 Å². The number of nitrogens with one attached hydrogen (secondary N) is 1. The topological polar surface area (TPSA) is 87.5 Å². The summed E-state index contributed by atoms with van der Waals surface area (Å²) in [5.74, 6) is -1.45. The van der Waals surface area contributed by atoms with Crippen LogP contribution in [0.5, 0.6) is 0 Å². The lowest BCUT2D eigenvalue weighted by Crippen LogP contribution is -2.35. The fraction of sp³-hybridized carbons (Fsp3) is 0.474. The highest BCUT2D eigenvalue weighted by atomic mass is 32.2. The van der Waals surface area contributed by atoms with Crippen molar-refractivity contribution in [3.63, 3.8) is 0 Å². The fourth-order valence-electron chi connectivity index (χ4n) is 3.05. The molecule has 0 aliphatic carbocycles. The molecule has 29 heavy (non-hydrogen) atoms. The fourth-order valence-corrected chi connectivity index (χ4v) is 4.53. The van der Waals surface area contributed by atoms with Crippen LogP contribution < -0.4 is 5.32 Å². The number of nitrogens with zero attached hydrogens (tertiary/aromatic N) is 4. The van der Waals surface area contributed by atoms with Crippen LogP contribution in [0.1, 0.15) is 35.8 Å². The second-order valence-electron chi connectivity index (χ2n) is 6.87. The zero-order valence-corrected chi connectivity index (χ0v) is 18.2. The Morgan fingerprint density at radius 2 is 1.93 bits per heavy atom. The normalized spacial score (nSPS) is 13.1. The number of carbonyl (C=O) groups is 1. The summed E-state index contributed by atoms with van der Waals surface area (Å²) < 4.78 is 42.6. The van der Waals surface area contributed by atoms with E-state index in [1.54, 1.807) is 31.8 Å². The molecule has 1 unspecified atom stereocenters. The second-order valence-corrected chi connectivity index (χ2v) is 8.81. The molecular weight excluding hydrogens is 397 g/mol. The Kier molecular flexibility index (Phi) is 7.50. The molecule has 1 N–H and O–H groups in total. The van der Waals surface area contributed by atoms with E-state index in [1.807, 2.05) is 25.2 Å². The molecule has 0 spiro atoms. The number of carbonyl (C=O) groups excluding carboxylic acids is 1. The summed E-state index contributed by atoms with van der Waals surface area (Å²) in [6.45, 7) is 4.22. The van der Waals surface area contributed by atoms with Crippen molar-refractivity contribution in [2.45, 2.75) is 24.8 Å². The summed E-state index contributed by atoms with van der Waals surface area (Å²) in [4.78, 5) is 14.4. The van der Waals surface area contributed by atoms with Gasteiger partial charge in [-0.2, -0.15) is 9.40 Å². The minimum Gasteiger partial charge on any atom is -0.350 e. The van der Waals surface area contributed by atoms with Gasteiger partial charge in [-0.1, -0.05) is 13.8 Å². The Balaban J connectivity index is 2.24. The van der Waals surface area contributed by atoms with Gasteiger partial charge < -0.3 is 10.2 Å². The zero-order chi connectivity index (χ0) is 21.8. The van der Waals surface area contributed by atoms with E-state index < -0.39 is 21.7 Å². The SMILES string of the molecule is CCN(CC)S(=O)(=O)c1ccc(F)c(C(=O)NCC(c2cnn(C)c2)N(C)C)c1. The molecule has 0 bridgehead atoms. The van der Waals surface area contributed by atoms with Gasteiger partial charge in [-0.25, -0.2) is 12.8 Å². The van der Waals surface area contributed by atoms with Crippen LogP contribution in [-0.2, 0) is 17.1 Å². The molecule has 10 heteroatoms. The summed E-state index contributed by atoms with van der Waals surface area (Å²) >= 11 is 0. The smallest absolute Gasteiger partial charge is 0.254 e. The van der Waals surface area contributed by atoms with E-state index in [-0.39, 0.29) is 36.1 Å². The van der Waals surface area contributed by atoms with Crippen LogP contribution in [0, 0.1) is 5.82 Å². The molecule has 1 aromatic carbocycles. The molecule has 1 amide bonds. The number of aryl methyl sites for hydroxylation is 1. The number of halogens is 1. The minimum atomic E-state index is -3.79. The standard InChI is InChI=1S/C19H28FN5O3S/c1-6-25(7-2)29(27,28)15-8-9-17(20)16(10-15)19(26)21-12-18(23(3)4)14-11-22-24(5)13-14/h8-11,13,18H,6-7,12H2,1-5H3,(H,21,26). The van der Waals surface area contributed by atoms with Crippen molar-refractivity contribution in [1.29, 1.82) is 0 Å². The first-order valence-electron chi connectivity index (χ1n) is 9.34. The molecule has 8 nitrogen and oxygen atoms in total. The molecule has 1 heterocycles. The van der Waals surface area contributed by atoms with Crippen molar-refractivity contribution in [1.82, 2.24) is 24.3 Å². The highest BCUT2D eigenvalue weighted by molar-refractivity contribution is 7.89. The van der Waals surface area contributed by atoms with Gasteiger partial charge in [0.05, 0.1) is 22.7 Å². The van der Waals surface area contributed by atoms with Crippen molar-refractivity contribution < 1.29 is 17.6 Å². The molecule has 1 aromatic heterocycles. The second kappa shape index (κ2) is 9.47. The van der Waals surface area contributed by atoms with E-state index in [0.29, 0.717) is 0 Å². The van der Waals surface area contributed by atoms with Crippen LogP contribution in [0.2, 0.25) is 0 Å². The minimum absolute atomic E-state index is 0.107. The maximum Gasteiger partial charge on any atom is 0.254 e. The number of rotatable bonds is 9. The number of hydrogen-bond acceptors (Lipinski definition) is 5. The van der Waals surface area contributed by atoms with Crippen LogP contribution in [0.15, 0.2) is 35.5 Å². The first-order valence-corrected chi connectivity index (χ1v) is 10.8. The summed E-state index contributed by atoms with van der Waals surface area (Å²) in [5, 5.41) is 6.84. The van der Waals surface area contributed by atoms with E-state index >= 15 is 0 Å². The van der Waals surface area contributed by atoms with Crippen LogP contribution >= 0.6 is 0 Å². The number of likely N-dealkylation sites (N-methyl/N-ethyl adjacent to an activating group) is 1.